The van der Waals surface area contributed by atoms with Gasteiger partial charge in [-0.2, -0.15) is 0 Å². The highest BCUT2D eigenvalue weighted by atomic mass is 79.9. The fourth-order valence-corrected chi connectivity index (χ4v) is 6.52. The first kappa shape index (κ1) is 41.5. The summed E-state index contributed by atoms with van der Waals surface area (Å²) in [6.07, 6.45) is -1.35. The summed E-state index contributed by atoms with van der Waals surface area (Å²) >= 11 is 3.54. The van der Waals surface area contributed by atoms with Crippen molar-refractivity contribution in [2.75, 3.05) is 35.8 Å². The van der Waals surface area contributed by atoms with Crippen LogP contribution in [-0.2, 0) is 25.6 Å². The Labute approximate surface area is 335 Å². The lowest BCUT2D eigenvalue weighted by atomic mass is 10.0. The van der Waals surface area contributed by atoms with Gasteiger partial charge in [0.1, 0.15) is 29.0 Å². The third kappa shape index (κ3) is 9.78. The zero-order valence-electron chi connectivity index (χ0n) is 33.1. The Morgan fingerprint density at radius 2 is 1.54 bits per heavy atom. The van der Waals surface area contributed by atoms with Crippen LogP contribution < -0.4 is 25.2 Å². The minimum absolute atomic E-state index is 0.0325. The molecule has 5 rings (SSSR count). The Hall–Kier alpha value is -5.63. The second kappa shape index (κ2) is 16.6. The second-order valence-electron chi connectivity index (χ2n) is 15.5. The molecule has 13 nitrogen and oxygen atoms in total. The lowest BCUT2D eigenvalue weighted by molar-refractivity contribution is -0.130. The minimum Gasteiger partial charge on any atom is -0.496 e. The number of fused-ring (bicyclic) bond motifs is 2. The zero-order chi connectivity index (χ0) is 41.1. The molecule has 1 aliphatic rings. The number of likely N-dealkylation sites (N-methyl/N-ethyl adjacent to an activating group) is 1. The Morgan fingerprint density at radius 1 is 0.893 bits per heavy atom. The van der Waals surface area contributed by atoms with Gasteiger partial charge in [-0.1, -0.05) is 40.2 Å². The number of carbonyl (C=O) groups excluding carboxylic acids is 5. The van der Waals surface area contributed by atoms with Crippen LogP contribution in [-0.4, -0.2) is 78.8 Å². The first-order chi connectivity index (χ1) is 26.3. The smallest absolute Gasteiger partial charge is 0.412 e. The van der Waals surface area contributed by atoms with Gasteiger partial charge in [0.15, 0.2) is 0 Å². The summed E-state index contributed by atoms with van der Waals surface area (Å²) < 4.78 is 17.5. The standard InChI is InChI=1S/C42H48BrN5O8/c1-25(46(8)40(53)56-42(5,6)7)36(49)45-32-24-48(37(50)26-14-18-29(19-15-26)44-39(52)55-41(2,3)4)34-13-11-10-12-33(34)47(38(32)51)23-31-30-20-17-28(43)22-27(30)16-21-35(31)54-9/h10-22,25,32H,23-24H2,1-9H3,(H,44,52)(H,45,49)/t25?,32-/m0/s1. The van der Waals surface area contributed by atoms with Crippen LogP contribution >= 0.6 is 15.9 Å². The number of nitrogens with one attached hydrogen (secondary N) is 2. The van der Waals surface area contributed by atoms with Gasteiger partial charge in [-0.3, -0.25) is 24.6 Å². The number of nitrogens with zero attached hydrogens (tertiary/aromatic N) is 3. The van der Waals surface area contributed by atoms with E-state index in [0.717, 1.165) is 25.7 Å². The van der Waals surface area contributed by atoms with E-state index >= 15 is 0 Å². The number of rotatable bonds is 8. The Morgan fingerprint density at radius 3 is 2.16 bits per heavy atom. The van der Waals surface area contributed by atoms with Gasteiger partial charge < -0.3 is 29.3 Å². The van der Waals surface area contributed by atoms with Gasteiger partial charge in [0.25, 0.3) is 11.8 Å². The van der Waals surface area contributed by atoms with Gasteiger partial charge in [0, 0.05) is 28.3 Å². The van der Waals surface area contributed by atoms with Crippen molar-refractivity contribution >= 4 is 73.7 Å². The number of hydrogen-bond donors (Lipinski definition) is 2. The molecule has 0 fully saturated rings. The van der Waals surface area contributed by atoms with Crippen molar-refractivity contribution in [2.24, 2.45) is 0 Å². The van der Waals surface area contributed by atoms with Gasteiger partial charge in [0.2, 0.25) is 5.91 Å². The number of amides is 5. The number of halogens is 1. The van der Waals surface area contributed by atoms with Gasteiger partial charge in [0.05, 0.1) is 31.6 Å². The van der Waals surface area contributed by atoms with Gasteiger partial charge in [-0.25, -0.2) is 9.59 Å². The Balaban J connectivity index is 1.55. The average molecular weight is 831 g/mol. The van der Waals surface area contributed by atoms with E-state index in [1.54, 1.807) is 102 Å². The highest BCUT2D eigenvalue weighted by Crippen LogP contribution is 2.38. The lowest BCUT2D eigenvalue weighted by Gasteiger charge is -2.30. The maximum atomic E-state index is 14.9. The van der Waals surface area contributed by atoms with Crippen LogP contribution in [0.4, 0.5) is 26.7 Å². The fraction of sp³-hybridized carbons (Fsp3) is 0.357. The molecule has 0 radical (unpaired) electrons. The molecule has 0 bridgehead atoms. The number of para-hydroxylation sites is 2. The van der Waals surface area contributed by atoms with Gasteiger partial charge >= 0.3 is 12.2 Å². The molecule has 0 saturated heterocycles. The monoisotopic (exact) mass is 829 g/mol. The quantitative estimate of drug-likeness (QED) is 0.182. The molecular weight excluding hydrogens is 782 g/mol. The van der Waals surface area contributed by atoms with E-state index in [9.17, 15) is 24.0 Å². The molecule has 296 valence electrons. The first-order valence-corrected chi connectivity index (χ1v) is 18.9. The number of carbonyl (C=O) groups is 5. The summed E-state index contributed by atoms with van der Waals surface area (Å²) in [5.74, 6) is -1.02. The van der Waals surface area contributed by atoms with Crippen LogP contribution in [0.5, 0.6) is 5.75 Å². The van der Waals surface area contributed by atoms with Gasteiger partial charge in [-0.15, -0.1) is 0 Å². The maximum absolute atomic E-state index is 14.9. The third-order valence-electron chi connectivity index (χ3n) is 8.96. The number of anilines is 3. The molecule has 1 unspecified atom stereocenters. The van der Waals surface area contributed by atoms with E-state index in [-0.39, 0.29) is 18.7 Å². The van der Waals surface area contributed by atoms with E-state index in [2.05, 4.69) is 26.6 Å². The average Bonchev–Trinajstić information content (AvgIpc) is 3.23. The highest BCUT2D eigenvalue weighted by molar-refractivity contribution is 9.10. The van der Waals surface area contributed by atoms with Crippen molar-refractivity contribution in [1.29, 1.82) is 0 Å². The largest absolute Gasteiger partial charge is 0.496 e. The van der Waals surface area contributed by atoms with Crippen LogP contribution in [0.2, 0.25) is 0 Å². The normalized spacial score (nSPS) is 15.0. The molecule has 5 amide bonds. The van der Waals surface area contributed by atoms with Crippen LogP contribution in [0.15, 0.2) is 83.3 Å². The number of methoxy groups -OCH3 is 1. The maximum Gasteiger partial charge on any atom is 0.412 e. The van der Waals surface area contributed by atoms with Crippen LogP contribution in [0.1, 0.15) is 64.4 Å². The summed E-state index contributed by atoms with van der Waals surface area (Å²) in [5.41, 5.74) is 0.764. The molecule has 1 heterocycles. The summed E-state index contributed by atoms with van der Waals surface area (Å²) in [4.78, 5) is 72.7. The molecule has 4 aromatic carbocycles. The van der Waals surface area contributed by atoms with Crippen molar-refractivity contribution in [3.05, 3.63) is 94.5 Å². The Bertz CT molecular complexity index is 2140. The highest BCUT2D eigenvalue weighted by Gasteiger charge is 2.39. The molecule has 1 aliphatic heterocycles. The lowest BCUT2D eigenvalue weighted by Crippen LogP contribution is -2.57. The molecule has 0 spiro atoms. The summed E-state index contributed by atoms with van der Waals surface area (Å²) in [5, 5.41) is 7.27. The van der Waals surface area contributed by atoms with Crippen molar-refractivity contribution < 1.29 is 38.2 Å². The third-order valence-corrected chi connectivity index (χ3v) is 9.45. The Kier molecular flexibility index (Phi) is 12.3. The molecule has 0 aromatic heterocycles. The van der Waals surface area contributed by atoms with E-state index in [4.69, 9.17) is 14.2 Å². The van der Waals surface area contributed by atoms with E-state index in [1.165, 1.54) is 18.9 Å². The number of hydrogen-bond acceptors (Lipinski definition) is 8. The topological polar surface area (TPSA) is 147 Å². The SMILES string of the molecule is COc1ccc2cc(Br)ccc2c1CN1C(=O)[C@@H](NC(=O)C(C)N(C)C(=O)OC(C)(C)C)CN(C(=O)c2ccc(NC(=O)OC(C)(C)C)cc2)c2ccccc21. The van der Waals surface area contributed by atoms with Crippen molar-refractivity contribution in [1.82, 2.24) is 10.2 Å². The van der Waals surface area contributed by atoms with E-state index in [1.807, 2.05) is 30.3 Å². The molecule has 2 N–H and O–H groups in total. The first-order valence-electron chi connectivity index (χ1n) is 18.1. The number of ether oxygens (including phenoxy) is 3. The molecule has 56 heavy (non-hydrogen) atoms. The minimum atomic E-state index is -1.25. The molecule has 14 heteroatoms. The molecule has 2 atom stereocenters. The predicted molar refractivity (Wildman–Crippen MR) is 219 cm³/mol. The van der Waals surface area contributed by atoms with Crippen LogP contribution in [0.25, 0.3) is 10.8 Å². The summed E-state index contributed by atoms with van der Waals surface area (Å²) in [6, 6.07) is 20.6. The zero-order valence-corrected chi connectivity index (χ0v) is 34.6. The van der Waals surface area contributed by atoms with Crippen LogP contribution in [0, 0.1) is 0 Å². The molecule has 0 saturated carbocycles. The van der Waals surface area contributed by atoms with Gasteiger partial charge in [-0.05, 0) is 114 Å². The van der Waals surface area contributed by atoms with Crippen LogP contribution in [0.3, 0.4) is 0 Å². The fourth-order valence-electron chi connectivity index (χ4n) is 6.14. The van der Waals surface area contributed by atoms with Crippen molar-refractivity contribution in [2.45, 2.75) is 78.3 Å². The van der Waals surface area contributed by atoms with Crippen molar-refractivity contribution in [3.8, 4) is 5.75 Å². The van der Waals surface area contributed by atoms with E-state index < -0.39 is 53.2 Å². The van der Waals surface area contributed by atoms with Crippen molar-refractivity contribution in [3.63, 3.8) is 0 Å². The molecule has 0 aliphatic carbocycles. The second-order valence-corrected chi connectivity index (χ2v) is 16.4. The molecular formula is C42H48BrN5O8. The van der Waals surface area contributed by atoms with E-state index in [0.29, 0.717) is 22.8 Å². The predicted octanol–water partition coefficient (Wildman–Crippen LogP) is 7.89. The molecule has 4 aromatic rings. The summed E-state index contributed by atoms with van der Waals surface area (Å²) in [6.45, 7) is 11.8. The summed E-state index contributed by atoms with van der Waals surface area (Å²) in [7, 11) is 3.00. The number of benzene rings is 4.